The number of nitrogens with zero attached hydrogens (tertiary/aromatic N) is 1. The van der Waals surface area contributed by atoms with E-state index in [2.05, 4.69) is 6.92 Å². The van der Waals surface area contributed by atoms with Crippen molar-refractivity contribution >= 4 is 5.91 Å². The van der Waals surface area contributed by atoms with Crippen LogP contribution in [0, 0.1) is 11.8 Å². The van der Waals surface area contributed by atoms with Gasteiger partial charge in [0, 0.05) is 32.2 Å². The van der Waals surface area contributed by atoms with Crippen molar-refractivity contribution < 1.29 is 9.53 Å². The summed E-state index contributed by atoms with van der Waals surface area (Å²) in [5, 5.41) is 0. The summed E-state index contributed by atoms with van der Waals surface area (Å²) < 4.78 is 5.54. The molecule has 4 heteroatoms. The molecule has 1 saturated heterocycles. The molecule has 1 aliphatic carbocycles. The Morgan fingerprint density at radius 1 is 1.37 bits per heavy atom. The first-order valence-corrected chi connectivity index (χ1v) is 7.78. The Morgan fingerprint density at radius 2 is 2.11 bits per heavy atom. The van der Waals surface area contributed by atoms with Crippen LogP contribution in [0.15, 0.2) is 0 Å². The zero-order chi connectivity index (χ0) is 13.8. The van der Waals surface area contributed by atoms with Gasteiger partial charge in [-0.3, -0.25) is 4.79 Å². The Morgan fingerprint density at radius 3 is 2.74 bits per heavy atom. The number of carbonyl (C=O) groups is 1. The van der Waals surface area contributed by atoms with Crippen molar-refractivity contribution in [3.05, 3.63) is 0 Å². The number of ether oxygens (including phenoxy) is 1. The molecule has 4 nitrogen and oxygen atoms in total. The average Bonchev–Trinajstić information content (AvgIpc) is 2.36. The Bertz CT molecular complexity index is 303. The predicted molar refractivity (Wildman–Crippen MR) is 75.7 cm³/mol. The van der Waals surface area contributed by atoms with Crippen LogP contribution in [0.25, 0.3) is 0 Å². The van der Waals surface area contributed by atoms with E-state index in [4.69, 9.17) is 10.5 Å². The average molecular weight is 268 g/mol. The zero-order valence-electron chi connectivity index (χ0n) is 12.3. The van der Waals surface area contributed by atoms with Crippen molar-refractivity contribution in [3.8, 4) is 0 Å². The molecule has 0 aromatic rings. The number of likely N-dealkylation sites (tertiary alicyclic amines) is 1. The molecule has 0 spiro atoms. The first-order valence-electron chi connectivity index (χ1n) is 7.78. The number of amides is 1. The third-order valence-electron chi connectivity index (χ3n) is 4.73. The van der Waals surface area contributed by atoms with E-state index >= 15 is 0 Å². The van der Waals surface area contributed by atoms with Crippen molar-refractivity contribution in [1.29, 1.82) is 0 Å². The number of carbonyl (C=O) groups excluding carboxylic acids is 1. The largest absolute Gasteiger partial charge is 0.378 e. The molecular weight excluding hydrogens is 240 g/mol. The predicted octanol–water partition coefficient (Wildman–Crippen LogP) is 1.78. The van der Waals surface area contributed by atoms with Crippen LogP contribution in [0.4, 0.5) is 0 Å². The Hall–Kier alpha value is -0.610. The molecular formula is C15H28N2O2. The van der Waals surface area contributed by atoms with Gasteiger partial charge in [-0.2, -0.15) is 0 Å². The standard InChI is InChI=1S/C15H28N2O2/c1-3-12-10-17(6-5-14(12)16)15(18)9-11-7-13(8-11)19-4-2/h11-14H,3-10,16H2,1-2H3. The molecule has 0 bridgehead atoms. The molecule has 1 amide bonds. The summed E-state index contributed by atoms with van der Waals surface area (Å²) in [6, 6.07) is 0.278. The molecule has 19 heavy (non-hydrogen) atoms. The molecule has 2 N–H and O–H groups in total. The van der Waals surface area contributed by atoms with Crippen molar-refractivity contribution in [2.75, 3.05) is 19.7 Å². The van der Waals surface area contributed by atoms with Crippen molar-refractivity contribution in [2.45, 2.75) is 58.1 Å². The van der Waals surface area contributed by atoms with Gasteiger partial charge >= 0.3 is 0 Å². The van der Waals surface area contributed by atoms with E-state index in [1.54, 1.807) is 0 Å². The van der Waals surface area contributed by atoms with Gasteiger partial charge in [-0.15, -0.1) is 0 Å². The van der Waals surface area contributed by atoms with Gasteiger partial charge in [-0.05, 0) is 38.0 Å². The minimum absolute atomic E-state index is 0.278. The number of hydrogen-bond donors (Lipinski definition) is 1. The van der Waals surface area contributed by atoms with Gasteiger partial charge < -0.3 is 15.4 Å². The highest BCUT2D eigenvalue weighted by Gasteiger charge is 2.34. The minimum atomic E-state index is 0.278. The van der Waals surface area contributed by atoms with Gasteiger partial charge in [-0.25, -0.2) is 0 Å². The van der Waals surface area contributed by atoms with Gasteiger partial charge in [0.05, 0.1) is 6.10 Å². The van der Waals surface area contributed by atoms with Crippen molar-refractivity contribution in [1.82, 2.24) is 4.90 Å². The Labute approximate surface area is 116 Å². The van der Waals surface area contributed by atoms with Crippen LogP contribution in [-0.2, 0) is 9.53 Å². The topological polar surface area (TPSA) is 55.6 Å². The lowest BCUT2D eigenvalue weighted by molar-refractivity contribution is -0.136. The zero-order valence-corrected chi connectivity index (χ0v) is 12.3. The molecule has 2 fully saturated rings. The van der Waals surface area contributed by atoms with E-state index in [-0.39, 0.29) is 6.04 Å². The van der Waals surface area contributed by atoms with Crippen LogP contribution in [0.1, 0.15) is 46.0 Å². The van der Waals surface area contributed by atoms with E-state index < -0.39 is 0 Å². The number of hydrogen-bond acceptors (Lipinski definition) is 3. The number of piperidine rings is 1. The summed E-state index contributed by atoms with van der Waals surface area (Å²) in [5.74, 6) is 1.35. The summed E-state index contributed by atoms with van der Waals surface area (Å²) in [4.78, 5) is 14.3. The summed E-state index contributed by atoms with van der Waals surface area (Å²) in [6.45, 7) is 6.68. The fourth-order valence-corrected chi connectivity index (χ4v) is 3.30. The highest BCUT2D eigenvalue weighted by Crippen LogP contribution is 2.33. The number of nitrogens with two attached hydrogens (primary N) is 1. The monoisotopic (exact) mass is 268 g/mol. The normalized spacial score (nSPS) is 35.0. The van der Waals surface area contributed by atoms with E-state index in [0.29, 0.717) is 30.3 Å². The summed E-state index contributed by atoms with van der Waals surface area (Å²) in [6.07, 6.45) is 5.25. The molecule has 1 heterocycles. The summed E-state index contributed by atoms with van der Waals surface area (Å²) in [7, 11) is 0. The maximum absolute atomic E-state index is 12.3. The molecule has 1 saturated carbocycles. The molecule has 2 unspecified atom stereocenters. The van der Waals surface area contributed by atoms with E-state index in [9.17, 15) is 4.79 Å². The fraction of sp³-hybridized carbons (Fsp3) is 0.933. The van der Waals surface area contributed by atoms with Gasteiger partial charge in [0.15, 0.2) is 0 Å². The van der Waals surface area contributed by atoms with E-state index in [1.165, 1.54) is 0 Å². The quantitative estimate of drug-likeness (QED) is 0.827. The minimum Gasteiger partial charge on any atom is -0.378 e. The highest BCUT2D eigenvalue weighted by atomic mass is 16.5. The molecule has 2 atom stereocenters. The van der Waals surface area contributed by atoms with Crippen LogP contribution >= 0.6 is 0 Å². The maximum atomic E-state index is 12.3. The first-order chi connectivity index (χ1) is 9.13. The van der Waals surface area contributed by atoms with Crippen LogP contribution in [0.5, 0.6) is 0 Å². The van der Waals surface area contributed by atoms with Gasteiger partial charge in [0.1, 0.15) is 0 Å². The summed E-state index contributed by atoms with van der Waals surface area (Å²) in [5.41, 5.74) is 6.09. The third-order valence-corrected chi connectivity index (χ3v) is 4.73. The van der Waals surface area contributed by atoms with E-state index in [0.717, 1.165) is 45.4 Å². The third kappa shape index (κ3) is 3.69. The maximum Gasteiger partial charge on any atom is 0.222 e. The lowest BCUT2D eigenvalue weighted by Gasteiger charge is -2.39. The number of rotatable bonds is 5. The fourth-order valence-electron chi connectivity index (χ4n) is 3.30. The lowest BCUT2D eigenvalue weighted by atomic mass is 9.79. The second-order valence-electron chi connectivity index (χ2n) is 6.08. The Kier molecular flexibility index (Phi) is 5.22. The second kappa shape index (κ2) is 6.71. The molecule has 0 aromatic heterocycles. The van der Waals surface area contributed by atoms with E-state index in [1.807, 2.05) is 11.8 Å². The lowest BCUT2D eigenvalue weighted by Crippen LogP contribution is -2.49. The second-order valence-corrected chi connectivity index (χ2v) is 6.08. The first kappa shape index (κ1) is 14.8. The molecule has 0 radical (unpaired) electrons. The van der Waals surface area contributed by atoms with Crippen molar-refractivity contribution in [3.63, 3.8) is 0 Å². The highest BCUT2D eigenvalue weighted by molar-refractivity contribution is 5.76. The SMILES string of the molecule is CCOC1CC(CC(=O)N2CCC(N)C(CC)C2)C1. The summed E-state index contributed by atoms with van der Waals surface area (Å²) >= 11 is 0. The van der Waals surface area contributed by atoms with Crippen LogP contribution < -0.4 is 5.73 Å². The molecule has 2 aliphatic rings. The molecule has 0 aromatic carbocycles. The molecule has 2 rings (SSSR count). The van der Waals surface area contributed by atoms with Crippen LogP contribution in [0.3, 0.4) is 0 Å². The van der Waals surface area contributed by atoms with Crippen LogP contribution in [0.2, 0.25) is 0 Å². The van der Waals surface area contributed by atoms with Gasteiger partial charge in [0.2, 0.25) is 5.91 Å². The van der Waals surface area contributed by atoms with Crippen LogP contribution in [-0.4, -0.2) is 42.6 Å². The van der Waals surface area contributed by atoms with Crippen molar-refractivity contribution in [2.24, 2.45) is 17.6 Å². The van der Waals surface area contributed by atoms with Gasteiger partial charge in [0.25, 0.3) is 0 Å². The molecule has 110 valence electrons. The smallest absolute Gasteiger partial charge is 0.222 e. The van der Waals surface area contributed by atoms with Gasteiger partial charge in [-0.1, -0.05) is 13.3 Å². The Balaban J connectivity index is 1.72. The molecule has 1 aliphatic heterocycles.